The van der Waals surface area contributed by atoms with Crippen LogP contribution in [0.2, 0.25) is 0 Å². The van der Waals surface area contributed by atoms with Gasteiger partial charge in [-0.3, -0.25) is 4.79 Å². The summed E-state index contributed by atoms with van der Waals surface area (Å²) in [7, 11) is 1.60. The molecule has 120 valence electrons. The van der Waals surface area contributed by atoms with Gasteiger partial charge in [0.05, 0.1) is 18.6 Å². The van der Waals surface area contributed by atoms with Crippen LogP contribution in [0.15, 0.2) is 16.6 Å². The maximum Gasteiger partial charge on any atom is 0.314 e. The summed E-state index contributed by atoms with van der Waals surface area (Å²) in [5.74, 6) is 0.471. The first-order valence-corrected chi connectivity index (χ1v) is 8.64. The number of ether oxygens (including phenoxy) is 2. The average molecular weight is 369 g/mol. The third-order valence-corrected chi connectivity index (χ3v) is 5.42. The molecule has 2 aliphatic rings. The summed E-state index contributed by atoms with van der Waals surface area (Å²) in [5, 5.41) is 9.77. The molecule has 0 heterocycles. The van der Waals surface area contributed by atoms with E-state index < -0.39 is 11.4 Å². The van der Waals surface area contributed by atoms with Gasteiger partial charge in [0.1, 0.15) is 0 Å². The number of carboxylic acid groups (broad SMARTS) is 1. The van der Waals surface area contributed by atoms with E-state index >= 15 is 0 Å². The molecule has 0 amide bonds. The minimum Gasteiger partial charge on any atom is -0.493 e. The first kappa shape index (κ1) is 15.7. The second-order valence-corrected chi connectivity index (χ2v) is 7.17. The molecule has 2 aliphatic carbocycles. The highest BCUT2D eigenvalue weighted by molar-refractivity contribution is 9.10. The van der Waals surface area contributed by atoms with Gasteiger partial charge in [-0.15, -0.1) is 0 Å². The van der Waals surface area contributed by atoms with Crippen molar-refractivity contribution in [2.45, 2.75) is 56.5 Å². The smallest absolute Gasteiger partial charge is 0.314 e. The number of benzene rings is 1. The molecule has 0 unspecified atom stereocenters. The molecule has 2 fully saturated rings. The Balaban J connectivity index is 2.06. The van der Waals surface area contributed by atoms with Crippen LogP contribution in [0.3, 0.4) is 0 Å². The van der Waals surface area contributed by atoms with E-state index in [2.05, 4.69) is 15.9 Å². The molecule has 5 heteroatoms. The van der Waals surface area contributed by atoms with Gasteiger partial charge in [0.2, 0.25) is 0 Å². The van der Waals surface area contributed by atoms with Crippen LogP contribution in [0.4, 0.5) is 0 Å². The Kier molecular flexibility index (Phi) is 4.35. The van der Waals surface area contributed by atoms with Crippen LogP contribution in [0.25, 0.3) is 0 Å². The van der Waals surface area contributed by atoms with E-state index in [0.29, 0.717) is 24.3 Å². The number of halogens is 1. The van der Waals surface area contributed by atoms with Crippen molar-refractivity contribution in [3.8, 4) is 11.5 Å². The van der Waals surface area contributed by atoms with Crippen LogP contribution in [-0.2, 0) is 10.2 Å². The van der Waals surface area contributed by atoms with Gasteiger partial charge in [-0.05, 0) is 50.7 Å². The number of hydrogen-bond acceptors (Lipinski definition) is 3. The summed E-state index contributed by atoms with van der Waals surface area (Å²) in [6.07, 6.45) is 6.80. The standard InChI is InChI=1S/C17H21BrO4/c1-21-14-10-11(18)9-13(17(16(19)20)7-4-8-17)15(14)22-12-5-2-3-6-12/h9-10,12H,2-8H2,1H3,(H,19,20). The minimum atomic E-state index is -0.828. The van der Waals surface area contributed by atoms with Crippen LogP contribution in [0, 0.1) is 0 Å². The Morgan fingerprint density at radius 1 is 1.27 bits per heavy atom. The largest absolute Gasteiger partial charge is 0.493 e. The second-order valence-electron chi connectivity index (χ2n) is 6.25. The molecule has 1 N–H and O–H groups in total. The Bertz CT molecular complexity index is 574. The number of hydrogen-bond donors (Lipinski definition) is 1. The van der Waals surface area contributed by atoms with Gasteiger partial charge >= 0.3 is 5.97 Å². The van der Waals surface area contributed by atoms with E-state index in [-0.39, 0.29) is 6.10 Å². The molecule has 0 atom stereocenters. The topological polar surface area (TPSA) is 55.8 Å². The van der Waals surface area contributed by atoms with Crippen LogP contribution < -0.4 is 9.47 Å². The highest BCUT2D eigenvalue weighted by atomic mass is 79.9. The molecule has 2 saturated carbocycles. The van der Waals surface area contributed by atoms with Gasteiger partial charge in [-0.25, -0.2) is 0 Å². The van der Waals surface area contributed by atoms with E-state index in [1.54, 1.807) is 7.11 Å². The van der Waals surface area contributed by atoms with Gasteiger partial charge in [0.25, 0.3) is 0 Å². The molecule has 1 aromatic carbocycles. The average Bonchev–Trinajstić information content (AvgIpc) is 2.92. The fourth-order valence-electron chi connectivity index (χ4n) is 3.50. The lowest BCUT2D eigenvalue weighted by molar-refractivity contribution is -0.147. The van der Waals surface area contributed by atoms with E-state index in [4.69, 9.17) is 9.47 Å². The van der Waals surface area contributed by atoms with Gasteiger partial charge in [0.15, 0.2) is 11.5 Å². The summed E-state index contributed by atoms with van der Waals surface area (Å²) >= 11 is 3.47. The third kappa shape index (κ3) is 2.60. The number of carboxylic acids is 1. The number of rotatable bonds is 5. The fraction of sp³-hybridized carbons (Fsp3) is 0.588. The van der Waals surface area contributed by atoms with E-state index in [1.165, 1.54) is 12.8 Å². The maximum atomic E-state index is 11.9. The molecule has 0 aliphatic heterocycles. The molecule has 0 aromatic heterocycles. The van der Waals surface area contributed by atoms with Crippen molar-refractivity contribution in [2.75, 3.05) is 7.11 Å². The van der Waals surface area contributed by atoms with Gasteiger partial charge < -0.3 is 14.6 Å². The van der Waals surface area contributed by atoms with Crippen molar-refractivity contribution in [1.82, 2.24) is 0 Å². The van der Waals surface area contributed by atoms with Crippen LogP contribution in [0.5, 0.6) is 11.5 Å². The third-order valence-electron chi connectivity index (χ3n) is 4.96. The SMILES string of the molecule is COc1cc(Br)cc(C2(C(=O)O)CCC2)c1OC1CCCC1. The van der Waals surface area contributed by atoms with Gasteiger partial charge in [-0.2, -0.15) is 0 Å². The van der Waals surface area contributed by atoms with Crippen molar-refractivity contribution in [3.05, 3.63) is 22.2 Å². The molecule has 3 rings (SSSR count). The van der Waals surface area contributed by atoms with Crippen LogP contribution >= 0.6 is 15.9 Å². The summed E-state index contributed by atoms with van der Waals surface area (Å²) in [4.78, 5) is 11.9. The van der Waals surface area contributed by atoms with Crippen LogP contribution in [0.1, 0.15) is 50.5 Å². The first-order valence-electron chi connectivity index (χ1n) is 7.85. The normalized spacial score (nSPS) is 20.5. The Hall–Kier alpha value is -1.23. The van der Waals surface area contributed by atoms with Gasteiger partial charge in [0, 0.05) is 10.0 Å². The molecular weight excluding hydrogens is 348 g/mol. The summed E-state index contributed by atoms with van der Waals surface area (Å²) in [6.45, 7) is 0. The summed E-state index contributed by atoms with van der Waals surface area (Å²) < 4.78 is 12.5. The predicted octanol–water partition coefficient (Wildman–Crippen LogP) is 4.29. The van der Waals surface area contributed by atoms with E-state index in [9.17, 15) is 9.90 Å². The van der Waals surface area contributed by atoms with Gasteiger partial charge in [-0.1, -0.05) is 22.4 Å². The van der Waals surface area contributed by atoms with Crippen molar-refractivity contribution < 1.29 is 19.4 Å². The lowest BCUT2D eigenvalue weighted by Crippen LogP contribution is -2.42. The molecule has 0 radical (unpaired) electrons. The quantitative estimate of drug-likeness (QED) is 0.842. The van der Waals surface area contributed by atoms with Crippen molar-refractivity contribution in [1.29, 1.82) is 0 Å². The molecule has 22 heavy (non-hydrogen) atoms. The first-order chi connectivity index (χ1) is 10.6. The highest BCUT2D eigenvalue weighted by Crippen LogP contribution is 2.51. The zero-order chi connectivity index (χ0) is 15.7. The predicted molar refractivity (Wildman–Crippen MR) is 86.7 cm³/mol. The van der Waals surface area contributed by atoms with Crippen molar-refractivity contribution >= 4 is 21.9 Å². The maximum absolute atomic E-state index is 11.9. The Morgan fingerprint density at radius 2 is 1.95 bits per heavy atom. The second kappa shape index (κ2) is 6.11. The zero-order valence-electron chi connectivity index (χ0n) is 12.7. The molecule has 0 saturated heterocycles. The summed E-state index contributed by atoms with van der Waals surface area (Å²) in [6, 6.07) is 3.74. The summed E-state index contributed by atoms with van der Waals surface area (Å²) in [5.41, 5.74) is -0.0743. The van der Waals surface area contributed by atoms with Crippen LogP contribution in [-0.4, -0.2) is 24.3 Å². The lowest BCUT2D eigenvalue weighted by atomic mass is 9.64. The number of carbonyl (C=O) groups is 1. The monoisotopic (exact) mass is 368 g/mol. The number of methoxy groups -OCH3 is 1. The lowest BCUT2D eigenvalue weighted by Gasteiger charge is -2.39. The fourth-order valence-corrected chi connectivity index (χ4v) is 3.94. The van der Waals surface area contributed by atoms with Crippen molar-refractivity contribution in [3.63, 3.8) is 0 Å². The Labute approximate surface area is 138 Å². The van der Waals surface area contributed by atoms with E-state index in [1.807, 2.05) is 12.1 Å². The minimum absolute atomic E-state index is 0.166. The highest BCUT2D eigenvalue weighted by Gasteiger charge is 2.48. The zero-order valence-corrected chi connectivity index (χ0v) is 14.3. The molecule has 0 spiro atoms. The molecule has 4 nitrogen and oxygen atoms in total. The van der Waals surface area contributed by atoms with Crippen molar-refractivity contribution in [2.24, 2.45) is 0 Å². The van der Waals surface area contributed by atoms with E-state index in [0.717, 1.165) is 29.3 Å². The number of aliphatic carboxylic acids is 1. The molecule has 1 aromatic rings. The molecule has 0 bridgehead atoms. The molecular formula is C17H21BrO4. The Morgan fingerprint density at radius 3 is 2.45 bits per heavy atom.